The van der Waals surface area contributed by atoms with E-state index in [9.17, 15) is 5.11 Å². The summed E-state index contributed by atoms with van der Waals surface area (Å²) in [5.74, 6) is 0. The van der Waals surface area contributed by atoms with Gasteiger partial charge in [0.2, 0.25) is 0 Å². The summed E-state index contributed by atoms with van der Waals surface area (Å²) in [4.78, 5) is 0. The molecule has 3 unspecified atom stereocenters. The minimum absolute atomic E-state index is 0.121. The molecule has 1 aliphatic rings. The van der Waals surface area contributed by atoms with Crippen LogP contribution in [0, 0.1) is 11.3 Å². The number of nitrogens with one attached hydrogen (secondary N) is 1. The standard InChI is InChI=1S/C10H18N2O2/c1-8(3-5-11)12-7-10(13)4-6-14-9(10)2/h8-9,12-13H,3-4,6-7H2,1-2H3. The third-order valence-electron chi connectivity index (χ3n) is 2.81. The number of nitriles is 1. The molecule has 1 saturated heterocycles. The Kier molecular flexibility index (Phi) is 3.87. The first-order chi connectivity index (χ1) is 6.58. The van der Waals surface area contributed by atoms with E-state index in [0.29, 0.717) is 26.0 Å². The number of hydrogen-bond donors (Lipinski definition) is 2. The van der Waals surface area contributed by atoms with Gasteiger partial charge < -0.3 is 15.2 Å². The van der Waals surface area contributed by atoms with Gasteiger partial charge in [0, 0.05) is 25.6 Å². The Morgan fingerprint density at radius 3 is 3.00 bits per heavy atom. The molecule has 0 aromatic heterocycles. The van der Waals surface area contributed by atoms with Crippen molar-refractivity contribution < 1.29 is 9.84 Å². The van der Waals surface area contributed by atoms with Crippen molar-refractivity contribution in [3.05, 3.63) is 0 Å². The van der Waals surface area contributed by atoms with Crippen molar-refractivity contribution in [3.63, 3.8) is 0 Å². The van der Waals surface area contributed by atoms with Gasteiger partial charge in [0.05, 0.1) is 18.6 Å². The smallest absolute Gasteiger partial charge is 0.105 e. The fourth-order valence-corrected chi connectivity index (χ4v) is 1.56. The predicted molar refractivity (Wildman–Crippen MR) is 52.7 cm³/mol. The first-order valence-electron chi connectivity index (χ1n) is 5.03. The third kappa shape index (κ3) is 2.68. The first-order valence-corrected chi connectivity index (χ1v) is 5.03. The van der Waals surface area contributed by atoms with Crippen molar-refractivity contribution in [2.45, 2.75) is 44.4 Å². The lowest BCUT2D eigenvalue weighted by Gasteiger charge is -2.27. The second-order valence-electron chi connectivity index (χ2n) is 4.01. The molecule has 14 heavy (non-hydrogen) atoms. The van der Waals surface area contributed by atoms with Gasteiger partial charge in [-0.15, -0.1) is 0 Å². The Morgan fingerprint density at radius 1 is 1.79 bits per heavy atom. The van der Waals surface area contributed by atoms with Crippen molar-refractivity contribution in [1.82, 2.24) is 5.32 Å². The topological polar surface area (TPSA) is 65.3 Å². The number of hydrogen-bond acceptors (Lipinski definition) is 4. The second-order valence-corrected chi connectivity index (χ2v) is 4.01. The Balaban J connectivity index is 2.33. The van der Waals surface area contributed by atoms with E-state index in [2.05, 4.69) is 11.4 Å². The quantitative estimate of drug-likeness (QED) is 0.687. The molecule has 0 aromatic carbocycles. The van der Waals surface area contributed by atoms with E-state index in [-0.39, 0.29) is 12.1 Å². The van der Waals surface area contributed by atoms with Crippen LogP contribution >= 0.6 is 0 Å². The van der Waals surface area contributed by atoms with Crippen molar-refractivity contribution >= 4 is 0 Å². The van der Waals surface area contributed by atoms with Gasteiger partial charge in [-0.2, -0.15) is 5.26 Å². The number of nitrogens with zero attached hydrogens (tertiary/aromatic N) is 1. The minimum atomic E-state index is -0.760. The Bertz CT molecular complexity index is 227. The molecular formula is C10H18N2O2. The molecule has 1 aliphatic heterocycles. The molecule has 0 amide bonds. The molecule has 0 bridgehead atoms. The maximum absolute atomic E-state index is 10.1. The monoisotopic (exact) mass is 198 g/mol. The van der Waals surface area contributed by atoms with E-state index in [1.165, 1.54) is 0 Å². The summed E-state index contributed by atoms with van der Waals surface area (Å²) in [6.45, 7) is 4.93. The van der Waals surface area contributed by atoms with Crippen molar-refractivity contribution in [1.29, 1.82) is 5.26 Å². The highest BCUT2D eigenvalue weighted by molar-refractivity contribution is 4.92. The number of rotatable bonds is 4. The van der Waals surface area contributed by atoms with E-state index in [1.54, 1.807) is 0 Å². The van der Waals surface area contributed by atoms with Crippen molar-refractivity contribution in [2.75, 3.05) is 13.2 Å². The Labute approximate surface area is 84.9 Å². The van der Waals surface area contributed by atoms with Crippen LogP contribution in [0.3, 0.4) is 0 Å². The molecule has 1 fully saturated rings. The van der Waals surface area contributed by atoms with Gasteiger partial charge in [0.15, 0.2) is 0 Å². The lowest BCUT2D eigenvalue weighted by Crippen LogP contribution is -2.48. The van der Waals surface area contributed by atoms with E-state index in [1.807, 2.05) is 13.8 Å². The summed E-state index contributed by atoms with van der Waals surface area (Å²) in [7, 11) is 0. The molecule has 1 rings (SSSR count). The predicted octanol–water partition coefficient (Wildman–Crippen LogP) is 0.418. The number of aliphatic hydroxyl groups is 1. The highest BCUT2D eigenvalue weighted by atomic mass is 16.5. The molecule has 4 nitrogen and oxygen atoms in total. The summed E-state index contributed by atoms with van der Waals surface area (Å²) in [5.41, 5.74) is -0.760. The lowest BCUT2D eigenvalue weighted by molar-refractivity contribution is -0.0273. The van der Waals surface area contributed by atoms with Crippen molar-refractivity contribution in [3.8, 4) is 6.07 Å². The lowest BCUT2D eigenvalue weighted by atomic mass is 9.96. The van der Waals surface area contributed by atoms with Gasteiger partial charge in [-0.3, -0.25) is 0 Å². The fraction of sp³-hybridized carbons (Fsp3) is 0.900. The Morgan fingerprint density at radius 2 is 2.50 bits per heavy atom. The second kappa shape index (κ2) is 4.74. The van der Waals surface area contributed by atoms with Gasteiger partial charge in [0.25, 0.3) is 0 Å². The molecule has 0 aromatic rings. The van der Waals surface area contributed by atoms with Crippen molar-refractivity contribution in [2.24, 2.45) is 0 Å². The molecule has 2 N–H and O–H groups in total. The summed E-state index contributed by atoms with van der Waals surface area (Å²) in [5, 5.41) is 21.7. The zero-order valence-corrected chi connectivity index (χ0v) is 8.79. The van der Waals surface area contributed by atoms with E-state index < -0.39 is 5.60 Å². The maximum Gasteiger partial charge on any atom is 0.105 e. The van der Waals surface area contributed by atoms with E-state index >= 15 is 0 Å². The average molecular weight is 198 g/mol. The van der Waals surface area contributed by atoms with Crippen LogP contribution in [0.1, 0.15) is 26.7 Å². The first kappa shape index (κ1) is 11.4. The third-order valence-corrected chi connectivity index (χ3v) is 2.81. The summed E-state index contributed by atoms with van der Waals surface area (Å²) < 4.78 is 5.31. The van der Waals surface area contributed by atoms with Gasteiger partial charge in [-0.25, -0.2) is 0 Å². The summed E-state index contributed by atoms with van der Waals surface area (Å²) in [6, 6.07) is 2.21. The highest BCUT2D eigenvalue weighted by Crippen LogP contribution is 2.24. The molecule has 3 atom stereocenters. The molecule has 4 heteroatoms. The van der Waals surface area contributed by atoms with Gasteiger partial charge >= 0.3 is 0 Å². The fourth-order valence-electron chi connectivity index (χ4n) is 1.56. The van der Waals surface area contributed by atoms with Crippen LogP contribution in [0.2, 0.25) is 0 Å². The molecule has 0 spiro atoms. The largest absolute Gasteiger partial charge is 0.386 e. The Hall–Kier alpha value is -0.630. The van der Waals surface area contributed by atoms with Gasteiger partial charge in [-0.05, 0) is 13.8 Å². The van der Waals surface area contributed by atoms with Crippen LogP contribution in [0.5, 0.6) is 0 Å². The zero-order chi connectivity index (χ0) is 10.6. The van der Waals surface area contributed by atoms with Gasteiger partial charge in [-0.1, -0.05) is 0 Å². The molecule has 0 aliphatic carbocycles. The molecule has 1 heterocycles. The molecule has 80 valence electrons. The SMILES string of the molecule is CC(CC#N)NCC1(O)CCOC1C. The average Bonchev–Trinajstić information content (AvgIpc) is 2.46. The molecule has 0 radical (unpaired) electrons. The normalized spacial score (nSPS) is 34.0. The highest BCUT2D eigenvalue weighted by Gasteiger charge is 2.39. The van der Waals surface area contributed by atoms with Gasteiger partial charge in [0.1, 0.15) is 5.60 Å². The summed E-state index contributed by atoms with van der Waals surface area (Å²) >= 11 is 0. The van der Waals surface area contributed by atoms with Crippen LogP contribution in [0.15, 0.2) is 0 Å². The van der Waals surface area contributed by atoms with Crippen LogP contribution < -0.4 is 5.32 Å². The molecule has 0 saturated carbocycles. The van der Waals surface area contributed by atoms with E-state index in [0.717, 1.165) is 0 Å². The van der Waals surface area contributed by atoms with Crippen LogP contribution in [-0.4, -0.2) is 36.0 Å². The van der Waals surface area contributed by atoms with E-state index in [4.69, 9.17) is 10.00 Å². The minimum Gasteiger partial charge on any atom is -0.386 e. The number of ether oxygens (including phenoxy) is 1. The van der Waals surface area contributed by atoms with Crippen LogP contribution in [-0.2, 0) is 4.74 Å². The summed E-state index contributed by atoms with van der Waals surface area (Å²) in [6.07, 6.45) is 1.01. The maximum atomic E-state index is 10.1. The van der Waals surface area contributed by atoms with Crippen LogP contribution in [0.4, 0.5) is 0 Å². The molecular weight excluding hydrogens is 180 g/mol. The zero-order valence-electron chi connectivity index (χ0n) is 8.79. The van der Waals surface area contributed by atoms with Crippen LogP contribution in [0.25, 0.3) is 0 Å².